The molecule has 1 atom stereocenters. The molecule has 0 aliphatic heterocycles. The molecule has 0 saturated heterocycles. The van der Waals surface area contributed by atoms with Crippen LogP contribution in [0.25, 0.3) is 0 Å². The molecule has 1 aliphatic rings. The van der Waals surface area contributed by atoms with Crippen molar-refractivity contribution in [2.24, 2.45) is 5.41 Å². The van der Waals surface area contributed by atoms with E-state index in [4.69, 9.17) is 4.74 Å². The molecular formula is C18H24O2. The third-order valence-electron chi connectivity index (χ3n) is 4.76. The Hall–Kier alpha value is -1.57. The Morgan fingerprint density at radius 2 is 1.80 bits per heavy atom. The quantitative estimate of drug-likeness (QED) is 0.460. The fourth-order valence-corrected chi connectivity index (χ4v) is 2.75. The lowest BCUT2D eigenvalue weighted by molar-refractivity contribution is -0.166. The van der Waals surface area contributed by atoms with E-state index in [9.17, 15) is 4.79 Å². The molecule has 1 aliphatic carbocycles. The summed E-state index contributed by atoms with van der Waals surface area (Å²) in [4.78, 5) is 12.0. The van der Waals surface area contributed by atoms with Gasteiger partial charge in [-0.1, -0.05) is 44.7 Å². The van der Waals surface area contributed by atoms with Crippen molar-refractivity contribution in [2.75, 3.05) is 0 Å². The highest BCUT2D eigenvalue weighted by molar-refractivity contribution is 5.87. The van der Waals surface area contributed by atoms with Gasteiger partial charge in [-0.15, -0.1) is 0 Å². The first kappa shape index (κ1) is 14.8. The molecule has 2 rings (SSSR count). The maximum atomic E-state index is 12.0. The Morgan fingerprint density at radius 1 is 1.20 bits per heavy atom. The molecule has 108 valence electrons. The third kappa shape index (κ3) is 2.65. The fraction of sp³-hybridized carbons (Fsp3) is 0.500. The van der Waals surface area contributed by atoms with Gasteiger partial charge in [0.1, 0.15) is 5.60 Å². The van der Waals surface area contributed by atoms with Gasteiger partial charge in [-0.3, -0.25) is 0 Å². The molecule has 2 heteroatoms. The Bertz CT molecular complexity index is 542. The van der Waals surface area contributed by atoms with Crippen LogP contribution < -0.4 is 0 Å². The molecule has 0 N–H and O–H groups in total. The highest BCUT2D eigenvalue weighted by atomic mass is 16.6. The number of carbonyl (C=O) groups is 1. The fourth-order valence-electron chi connectivity index (χ4n) is 2.75. The summed E-state index contributed by atoms with van der Waals surface area (Å²) in [5.41, 5.74) is 2.54. The summed E-state index contributed by atoms with van der Waals surface area (Å²) in [5.74, 6) is -0.292. The largest absolute Gasteiger partial charge is 0.455 e. The molecule has 0 bridgehead atoms. The van der Waals surface area contributed by atoms with E-state index in [1.807, 2.05) is 0 Å². The van der Waals surface area contributed by atoms with Gasteiger partial charge in [-0.25, -0.2) is 4.79 Å². The van der Waals surface area contributed by atoms with Crippen molar-refractivity contribution in [2.45, 2.75) is 52.6 Å². The smallest absolute Gasteiger partial charge is 0.333 e. The maximum Gasteiger partial charge on any atom is 0.333 e. The number of benzene rings is 1. The third-order valence-corrected chi connectivity index (χ3v) is 4.76. The van der Waals surface area contributed by atoms with Crippen LogP contribution >= 0.6 is 0 Å². The minimum atomic E-state index is -0.504. The topological polar surface area (TPSA) is 26.3 Å². The summed E-state index contributed by atoms with van der Waals surface area (Å²) in [6.45, 7) is 11.8. The van der Waals surface area contributed by atoms with Gasteiger partial charge in [0, 0.05) is 17.4 Å². The van der Waals surface area contributed by atoms with Crippen LogP contribution in [0.3, 0.4) is 0 Å². The monoisotopic (exact) mass is 272 g/mol. The minimum absolute atomic E-state index is 0.0723. The summed E-state index contributed by atoms with van der Waals surface area (Å²) in [5, 5.41) is 0. The van der Waals surface area contributed by atoms with Gasteiger partial charge in [0.15, 0.2) is 0 Å². The van der Waals surface area contributed by atoms with E-state index in [-0.39, 0.29) is 11.4 Å². The standard InChI is InChI=1S/C18H24O2/c1-13(2)16(19)20-18(5)12-15-9-7-6-8-14(15)10-11-17(18,3)4/h6-9H,1,10-12H2,2-5H3. The summed E-state index contributed by atoms with van der Waals surface area (Å²) in [6, 6.07) is 8.45. The Kier molecular flexibility index (Phi) is 3.77. The van der Waals surface area contributed by atoms with Gasteiger partial charge >= 0.3 is 5.97 Å². The maximum absolute atomic E-state index is 12.0. The number of fused-ring (bicyclic) bond motifs is 1. The van der Waals surface area contributed by atoms with Crippen molar-refractivity contribution in [1.82, 2.24) is 0 Å². The van der Waals surface area contributed by atoms with Crippen LogP contribution in [-0.4, -0.2) is 11.6 Å². The molecule has 0 spiro atoms. The SMILES string of the molecule is C=C(C)C(=O)OC1(C)Cc2ccccc2CCC1(C)C. The van der Waals surface area contributed by atoms with Crippen LogP contribution in [0.1, 0.15) is 45.2 Å². The van der Waals surface area contributed by atoms with E-state index in [1.165, 1.54) is 11.1 Å². The molecule has 1 unspecified atom stereocenters. The zero-order valence-corrected chi connectivity index (χ0v) is 13.0. The first-order chi connectivity index (χ1) is 9.25. The lowest BCUT2D eigenvalue weighted by Gasteiger charge is -2.42. The predicted octanol–water partition coefficient (Wildman–Crippen LogP) is 4.08. The van der Waals surface area contributed by atoms with Gasteiger partial charge in [-0.2, -0.15) is 0 Å². The molecule has 0 fully saturated rings. The lowest BCUT2D eigenvalue weighted by atomic mass is 9.72. The van der Waals surface area contributed by atoms with Crippen molar-refractivity contribution < 1.29 is 9.53 Å². The molecule has 0 saturated carbocycles. The minimum Gasteiger partial charge on any atom is -0.455 e. The van der Waals surface area contributed by atoms with Crippen LogP contribution in [0, 0.1) is 5.41 Å². The van der Waals surface area contributed by atoms with E-state index in [0.717, 1.165) is 19.3 Å². The second-order valence-electron chi connectivity index (χ2n) is 6.73. The molecule has 0 amide bonds. The Morgan fingerprint density at radius 3 is 2.40 bits per heavy atom. The molecular weight excluding hydrogens is 248 g/mol. The molecule has 20 heavy (non-hydrogen) atoms. The first-order valence-electron chi connectivity index (χ1n) is 7.21. The lowest BCUT2D eigenvalue weighted by Crippen LogP contribution is -2.47. The number of hydrogen-bond acceptors (Lipinski definition) is 2. The van der Waals surface area contributed by atoms with Crippen molar-refractivity contribution in [1.29, 1.82) is 0 Å². The van der Waals surface area contributed by atoms with Gasteiger partial charge in [-0.05, 0) is 37.8 Å². The summed E-state index contributed by atoms with van der Waals surface area (Å²) in [7, 11) is 0. The highest BCUT2D eigenvalue weighted by Crippen LogP contribution is 2.44. The Labute approximate surface area is 121 Å². The van der Waals surface area contributed by atoms with Crippen LogP contribution in [0.5, 0.6) is 0 Å². The van der Waals surface area contributed by atoms with Crippen molar-refractivity contribution in [3.8, 4) is 0 Å². The number of rotatable bonds is 2. The molecule has 1 aromatic rings. The van der Waals surface area contributed by atoms with E-state index < -0.39 is 5.60 Å². The van der Waals surface area contributed by atoms with Gasteiger partial charge in [0.05, 0.1) is 0 Å². The van der Waals surface area contributed by atoms with Gasteiger partial charge in [0.2, 0.25) is 0 Å². The predicted molar refractivity (Wildman–Crippen MR) is 81.6 cm³/mol. The summed E-state index contributed by atoms with van der Waals surface area (Å²) < 4.78 is 5.85. The molecule has 0 heterocycles. The molecule has 2 nitrogen and oxygen atoms in total. The van der Waals surface area contributed by atoms with Crippen molar-refractivity contribution in [3.63, 3.8) is 0 Å². The van der Waals surface area contributed by atoms with Crippen LogP contribution in [0.2, 0.25) is 0 Å². The van der Waals surface area contributed by atoms with E-state index in [1.54, 1.807) is 6.92 Å². The zero-order valence-electron chi connectivity index (χ0n) is 13.0. The number of hydrogen-bond donors (Lipinski definition) is 0. The van der Waals surface area contributed by atoms with Crippen LogP contribution in [-0.2, 0) is 22.4 Å². The van der Waals surface area contributed by atoms with Crippen molar-refractivity contribution >= 4 is 5.97 Å². The normalized spacial score (nSPS) is 24.4. The van der Waals surface area contributed by atoms with Crippen LogP contribution in [0.15, 0.2) is 36.4 Å². The van der Waals surface area contributed by atoms with Crippen LogP contribution in [0.4, 0.5) is 0 Å². The second-order valence-corrected chi connectivity index (χ2v) is 6.73. The van der Waals surface area contributed by atoms with E-state index in [0.29, 0.717) is 5.57 Å². The molecule has 0 aromatic heterocycles. The number of esters is 1. The van der Waals surface area contributed by atoms with E-state index >= 15 is 0 Å². The van der Waals surface area contributed by atoms with Crippen molar-refractivity contribution in [3.05, 3.63) is 47.5 Å². The average molecular weight is 272 g/mol. The second kappa shape index (κ2) is 5.08. The van der Waals surface area contributed by atoms with E-state index in [2.05, 4.69) is 51.6 Å². The summed E-state index contributed by atoms with van der Waals surface area (Å²) in [6.07, 6.45) is 2.79. The highest BCUT2D eigenvalue weighted by Gasteiger charge is 2.46. The van der Waals surface area contributed by atoms with Gasteiger partial charge in [0.25, 0.3) is 0 Å². The first-order valence-corrected chi connectivity index (χ1v) is 7.21. The number of ether oxygens (including phenoxy) is 1. The molecule has 1 aromatic carbocycles. The zero-order chi connectivity index (χ0) is 15.0. The Balaban J connectivity index is 2.38. The number of carbonyl (C=O) groups excluding carboxylic acids is 1. The average Bonchev–Trinajstić information content (AvgIpc) is 2.45. The number of aryl methyl sites for hydroxylation is 1. The van der Waals surface area contributed by atoms with Gasteiger partial charge < -0.3 is 4.74 Å². The summed E-state index contributed by atoms with van der Waals surface area (Å²) >= 11 is 0. The molecule has 0 radical (unpaired) electrons.